The topological polar surface area (TPSA) is 26.7 Å². The van der Waals surface area contributed by atoms with E-state index in [0.29, 0.717) is 6.54 Å². The van der Waals surface area contributed by atoms with Crippen LogP contribution in [0.1, 0.15) is 11.1 Å². The fourth-order valence-corrected chi connectivity index (χ4v) is 9.47. The minimum atomic E-state index is -1.49. The van der Waals surface area contributed by atoms with Gasteiger partial charge in [0.2, 0.25) is 8.45 Å². The molecule has 0 radical (unpaired) electrons. The Balaban J connectivity index is 1.38. The number of rotatable bonds is 8. The largest absolute Gasteiger partial charge is 0.343 e. The third-order valence-corrected chi connectivity index (χ3v) is 11.5. The Kier molecular flexibility index (Phi) is 8.14. The first-order valence-corrected chi connectivity index (χ1v) is 15.9. The lowest BCUT2D eigenvalue weighted by molar-refractivity contribution is 0.343. The van der Waals surface area contributed by atoms with Crippen molar-refractivity contribution in [2.75, 3.05) is 11.2 Å². The fraction of sp³-hybridized carbons (Fsp3) is 0.118. The predicted octanol–water partition coefficient (Wildman–Crippen LogP) is 6.60. The SMILES string of the molecule is O[P@]1N(c2ccccc2)C[C@H](Cc2ccccc2)N1Cc1ccccc1P(c1ccccc1)c1ccccc1. The molecule has 1 saturated heterocycles. The standard InChI is InChI=1S/C34H32N2OP2/c37-39-35(31(25-28-15-5-1-6-16-28)27-36(39)30-18-7-2-8-19-30)26-29-17-13-14-24-34(29)38(32-20-9-3-10-21-32)33-22-11-4-12-23-33/h1-24,31,37H,25-27H2/t31-,39-/m0/s1. The van der Waals surface area contributed by atoms with E-state index in [1.807, 2.05) is 6.07 Å². The summed E-state index contributed by atoms with van der Waals surface area (Å²) in [6.45, 7) is 1.51. The summed E-state index contributed by atoms with van der Waals surface area (Å²) in [5.41, 5.74) is 3.66. The third-order valence-electron chi connectivity index (χ3n) is 7.21. The Morgan fingerprint density at radius 1 is 0.641 bits per heavy atom. The lowest BCUT2D eigenvalue weighted by atomic mass is 10.1. The molecular weight excluding hydrogens is 514 g/mol. The normalized spacial score (nSPS) is 17.5. The van der Waals surface area contributed by atoms with Crippen molar-refractivity contribution in [2.45, 2.75) is 19.0 Å². The van der Waals surface area contributed by atoms with Crippen molar-refractivity contribution < 1.29 is 4.89 Å². The van der Waals surface area contributed by atoms with Crippen molar-refractivity contribution >= 4 is 38.0 Å². The van der Waals surface area contributed by atoms with E-state index in [1.54, 1.807) is 0 Å². The molecule has 0 spiro atoms. The van der Waals surface area contributed by atoms with E-state index in [9.17, 15) is 4.89 Å². The summed E-state index contributed by atoms with van der Waals surface area (Å²) in [6, 6.07) is 51.8. The van der Waals surface area contributed by atoms with Gasteiger partial charge in [0.1, 0.15) is 0 Å². The van der Waals surface area contributed by atoms with Gasteiger partial charge in [-0.3, -0.25) is 0 Å². The molecule has 6 rings (SSSR count). The van der Waals surface area contributed by atoms with E-state index in [0.717, 1.165) is 18.7 Å². The molecule has 1 aliphatic rings. The molecule has 3 nitrogen and oxygen atoms in total. The zero-order chi connectivity index (χ0) is 26.4. The number of nitrogens with zero attached hydrogens (tertiary/aromatic N) is 2. The molecule has 0 unspecified atom stereocenters. The molecule has 0 saturated carbocycles. The van der Waals surface area contributed by atoms with Gasteiger partial charge < -0.3 is 9.56 Å². The number of anilines is 1. The first-order chi connectivity index (χ1) is 19.3. The quantitative estimate of drug-likeness (QED) is 0.222. The minimum Gasteiger partial charge on any atom is -0.343 e. The highest BCUT2D eigenvalue weighted by Gasteiger charge is 2.40. The molecule has 1 aliphatic heterocycles. The molecule has 194 valence electrons. The first kappa shape index (κ1) is 25.9. The van der Waals surface area contributed by atoms with Gasteiger partial charge in [0, 0.05) is 24.8 Å². The second kappa shape index (κ2) is 12.2. The van der Waals surface area contributed by atoms with Crippen LogP contribution in [-0.2, 0) is 13.0 Å². The summed E-state index contributed by atoms with van der Waals surface area (Å²) in [4.78, 5) is 11.8. The van der Waals surface area contributed by atoms with Gasteiger partial charge in [-0.2, -0.15) is 0 Å². The van der Waals surface area contributed by atoms with Crippen molar-refractivity contribution in [2.24, 2.45) is 0 Å². The number of hydrogen-bond acceptors (Lipinski definition) is 3. The van der Waals surface area contributed by atoms with E-state index < -0.39 is 16.4 Å². The molecule has 5 heteroatoms. The van der Waals surface area contributed by atoms with Crippen LogP contribution in [0, 0.1) is 0 Å². The van der Waals surface area contributed by atoms with Crippen LogP contribution in [0.4, 0.5) is 5.69 Å². The molecule has 2 atom stereocenters. The van der Waals surface area contributed by atoms with Crippen molar-refractivity contribution in [1.29, 1.82) is 0 Å². The van der Waals surface area contributed by atoms with Crippen LogP contribution in [0.15, 0.2) is 146 Å². The highest BCUT2D eigenvalue weighted by Crippen LogP contribution is 2.51. The van der Waals surface area contributed by atoms with Gasteiger partial charge in [0.25, 0.3) is 0 Å². The number of hydrogen-bond donors (Lipinski definition) is 1. The molecule has 0 aliphatic carbocycles. The van der Waals surface area contributed by atoms with Gasteiger partial charge in [0.05, 0.1) is 0 Å². The van der Waals surface area contributed by atoms with Crippen LogP contribution < -0.4 is 20.6 Å². The van der Waals surface area contributed by atoms with Crippen LogP contribution in [0.2, 0.25) is 0 Å². The number of para-hydroxylation sites is 1. The second-order valence-electron chi connectivity index (χ2n) is 9.76. The summed E-state index contributed by atoms with van der Waals surface area (Å²) in [6.07, 6.45) is 0.901. The monoisotopic (exact) mass is 546 g/mol. The molecule has 1 fully saturated rings. The maximum atomic E-state index is 11.8. The van der Waals surface area contributed by atoms with Crippen LogP contribution in [0.3, 0.4) is 0 Å². The zero-order valence-corrected chi connectivity index (χ0v) is 23.6. The molecule has 5 aromatic carbocycles. The fourth-order valence-electron chi connectivity index (χ4n) is 5.33. The van der Waals surface area contributed by atoms with Gasteiger partial charge >= 0.3 is 0 Å². The lowest BCUT2D eigenvalue weighted by Gasteiger charge is -2.29. The second-order valence-corrected chi connectivity index (χ2v) is 13.5. The van der Waals surface area contributed by atoms with E-state index in [1.165, 1.54) is 27.0 Å². The molecule has 5 aromatic rings. The molecule has 1 heterocycles. The van der Waals surface area contributed by atoms with E-state index in [2.05, 4.69) is 149 Å². The third kappa shape index (κ3) is 5.83. The average Bonchev–Trinajstić information content (AvgIpc) is 3.30. The molecule has 0 aromatic heterocycles. The average molecular weight is 547 g/mol. The van der Waals surface area contributed by atoms with Gasteiger partial charge in [-0.1, -0.05) is 133 Å². The highest BCUT2D eigenvalue weighted by molar-refractivity contribution is 7.79. The maximum Gasteiger partial charge on any atom is 0.216 e. The van der Waals surface area contributed by atoms with Crippen LogP contribution in [-0.4, -0.2) is 22.2 Å². The minimum absolute atomic E-state index is 0.205. The first-order valence-electron chi connectivity index (χ1n) is 13.4. The Labute approximate surface area is 234 Å². The van der Waals surface area contributed by atoms with E-state index >= 15 is 0 Å². The molecule has 1 N–H and O–H groups in total. The number of benzene rings is 5. The van der Waals surface area contributed by atoms with Crippen LogP contribution >= 0.6 is 16.4 Å². The summed E-state index contributed by atoms with van der Waals surface area (Å²) in [7, 11) is -2.23. The molecule has 0 bridgehead atoms. The Morgan fingerprint density at radius 2 is 1.15 bits per heavy atom. The van der Waals surface area contributed by atoms with Crippen molar-refractivity contribution in [3.63, 3.8) is 0 Å². The van der Waals surface area contributed by atoms with Crippen molar-refractivity contribution in [1.82, 2.24) is 4.67 Å². The Hall–Kier alpha value is -3.32. The van der Waals surface area contributed by atoms with Crippen molar-refractivity contribution in [3.05, 3.63) is 157 Å². The summed E-state index contributed by atoms with van der Waals surface area (Å²) in [5.74, 6) is 0. The highest BCUT2D eigenvalue weighted by atomic mass is 31.2. The summed E-state index contributed by atoms with van der Waals surface area (Å²) >= 11 is 0. The maximum absolute atomic E-state index is 11.8. The van der Waals surface area contributed by atoms with Gasteiger partial charge in [-0.15, -0.1) is 0 Å². The van der Waals surface area contributed by atoms with E-state index in [-0.39, 0.29) is 6.04 Å². The molecular formula is C34H32N2OP2. The van der Waals surface area contributed by atoms with Gasteiger partial charge in [-0.05, 0) is 53.5 Å². The van der Waals surface area contributed by atoms with E-state index in [4.69, 9.17) is 0 Å². The molecule has 39 heavy (non-hydrogen) atoms. The van der Waals surface area contributed by atoms with Gasteiger partial charge in [0.15, 0.2) is 0 Å². The Bertz CT molecular complexity index is 1430. The lowest BCUT2D eigenvalue weighted by Crippen LogP contribution is -2.32. The van der Waals surface area contributed by atoms with Gasteiger partial charge in [-0.25, -0.2) is 4.67 Å². The van der Waals surface area contributed by atoms with Crippen LogP contribution in [0.25, 0.3) is 0 Å². The van der Waals surface area contributed by atoms with Crippen molar-refractivity contribution in [3.8, 4) is 0 Å². The summed E-state index contributed by atoms with van der Waals surface area (Å²) in [5, 5.41) is 4.03. The zero-order valence-electron chi connectivity index (χ0n) is 21.8. The predicted molar refractivity (Wildman–Crippen MR) is 168 cm³/mol. The smallest absolute Gasteiger partial charge is 0.216 e. The van der Waals surface area contributed by atoms with Crippen LogP contribution in [0.5, 0.6) is 0 Å². The molecule has 0 amide bonds. The summed E-state index contributed by atoms with van der Waals surface area (Å²) < 4.78 is 4.54. The Morgan fingerprint density at radius 3 is 1.77 bits per heavy atom.